The van der Waals surface area contributed by atoms with Crippen molar-refractivity contribution < 1.29 is 9.53 Å². The second-order valence-corrected chi connectivity index (χ2v) is 5.77. The molecule has 0 fully saturated rings. The summed E-state index contributed by atoms with van der Waals surface area (Å²) in [5.74, 6) is 0.800. The molecule has 0 bridgehead atoms. The van der Waals surface area contributed by atoms with Crippen molar-refractivity contribution in [3.05, 3.63) is 64.7 Å². The first-order valence-electron chi connectivity index (χ1n) is 7.54. The predicted octanol–water partition coefficient (Wildman–Crippen LogP) is 3.81. The minimum atomic E-state index is -0.0622. The number of carbonyl (C=O) groups is 1. The van der Waals surface area contributed by atoms with Crippen LogP contribution in [0.3, 0.4) is 0 Å². The molecule has 22 heavy (non-hydrogen) atoms. The molecular formula is C19H23NO2. The van der Waals surface area contributed by atoms with Crippen LogP contribution in [0.25, 0.3) is 0 Å². The quantitative estimate of drug-likeness (QED) is 0.911. The van der Waals surface area contributed by atoms with Gasteiger partial charge in [0.05, 0.1) is 6.04 Å². The summed E-state index contributed by atoms with van der Waals surface area (Å²) < 4.78 is 5.77. The van der Waals surface area contributed by atoms with E-state index in [1.807, 2.05) is 70.2 Å². The van der Waals surface area contributed by atoms with Gasteiger partial charge in [-0.05, 0) is 51.0 Å². The molecule has 1 N–H and O–H groups in total. The fourth-order valence-electron chi connectivity index (χ4n) is 2.34. The van der Waals surface area contributed by atoms with Crippen LogP contribution in [0, 0.1) is 20.8 Å². The highest BCUT2D eigenvalue weighted by Gasteiger charge is 2.12. The zero-order chi connectivity index (χ0) is 16.1. The number of benzene rings is 2. The van der Waals surface area contributed by atoms with E-state index in [2.05, 4.69) is 5.32 Å². The zero-order valence-corrected chi connectivity index (χ0v) is 13.6. The van der Waals surface area contributed by atoms with Crippen molar-refractivity contribution in [3.63, 3.8) is 0 Å². The lowest BCUT2D eigenvalue weighted by atomic mass is 10.1. The van der Waals surface area contributed by atoms with Crippen LogP contribution in [-0.2, 0) is 0 Å². The Balaban J connectivity index is 1.93. The molecule has 0 saturated heterocycles. The lowest BCUT2D eigenvalue weighted by Gasteiger charge is -2.17. The van der Waals surface area contributed by atoms with Crippen LogP contribution >= 0.6 is 0 Å². The second kappa shape index (κ2) is 7.12. The lowest BCUT2D eigenvalue weighted by molar-refractivity contribution is 0.0926. The van der Waals surface area contributed by atoms with Gasteiger partial charge in [0.1, 0.15) is 12.4 Å². The summed E-state index contributed by atoms with van der Waals surface area (Å²) in [5.41, 5.74) is 3.96. The molecule has 0 saturated carbocycles. The number of aryl methyl sites for hydroxylation is 3. The molecule has 0 radical (unpaired) electrons. The Labute approximate surface area is 132 Å². The molecule has 0 aliphatic heterocycles. The maximum absolute atomic E-state index is 12.3. The van der Waals surface area contributed by atoms with Crippen LogP contribution in [0.5, 0.6) is 5.75 Å². The molecule has 3 heteroatoms. The van der Waals surface area contributed by atoms with Crippen molar-refractivity contribution in [2.75, 3.05) is 6.61 Å². The van der Waals surface area contributed by atoms with E-state index in [0.29, 0.717) is 12.2 Å². The Kier molecular flexibility index (Phi) is 5.21. The van der Waals surface area contributed by atoms with Crippen LogP contribution in [0.2, 0.25) is 0 Å². The normalized spacial score (nSPS) is 11.8. The third kappa shape index (κ3) is 4.10. The number of ether oxygens (including phenoxy) is 1. The second-order valence-electron chi connectivity index (χ2n) is 5.77. The maximum Gasteiger partial charge on any atom is 0.251 e. The summed E-state index contributed by atoms with van der Waals surface area (Å²) in [6.45, 7) is 8.37. The fourth-order valence-corrected chi connectivity index (χ4v) is 2.34. The van der Waals surface area contributed by atoms with E-state index in [0.717, 1.165) is 22.4 Å². The van der Waals surface area contributed by atoms with Gasteiger partial charge in [-0.3, -0.25) is 4.79 Å². The average Bonchev–Trinajstić information content (AvgIpc) is 2.46. The van der Waals surface area contributed by atoms with E-state index in [1.165, 1.54) is 0 Å². The molecule has 0 aromatic heterocycles. The Hall–Kier alpha value is -2.29. The largest absolute Gasteiger partial charge is 0.491 e. The van der Waals surface area contributed by atoms with Gasteiger partial charge in [-0.15, -0.1) is 0 Å². The molecule has 0 spiro atoms. The smallest absolute Gasteiger partial charge is 0.251 e. The maximum atomic E-state index is 12.3. The SMILES string of the molecule is Cc1ccc(C(=O)N[C@H](C)COc2ccccc2C)c(C)c1. The van der Waals surface area contributed by atoms with E-state index in [-0.39, 0.29) is 11.9 Å². The van der Waals surface area contributed by atoms with Gasteiger partial charge in [0.2, 0.25) is 0 Å². The molecule has 1 amide bonds. The summed E-state index contributed by atoms with van der Waals surface area (Å²) >= 11 is 0. The topological polar surface area (TPSA) is 38.3 Å². The Bertz CT molecular complexity index is 664. The van der Waals surface area contributed by atoms with Crippen molar-refractivity contribution >= 4 is 5.91 Å². The molecule has 3 nitrogen and oxygen atoms in total. The number of carbonyl (C=O) groups excluding carboxylic acids is 1. The van der Waals surface area contributed by atoms with Crippen molar-refractivity contribution in [1.29, 1.82) is 0 Å². The van der Waals surface area contributed by atoms with E-state index in [9.17, 15) is 4.79 Å². The highest BCUT2D eigenvalue weighted by molar-refractivity contribution is 5.95. The molecule has 2 aromatic rings. The highest BCUT2D eigenvalue weighted by Crippen LogP contribution is 2.16. The molecule has 0 heterocycles. The van der Waals surface area contributed by atoms with Crippen LogP contribution in [0.15, 0.2) is 42.5 Å². The number of nitrogens with one attached hydrogen (secondary N) is 1. The summed E-state index contributed by atoms with van der Waals surface area (Å²) in [5, 5.41) is 2.98. The molecule has 0 aliphatic rings. The standard InChI is InChI=1S/C19H23NO2/c1-13-9-10-17(15(3)11-13)19(21)20-16(4)12-22-18-8-6-5-7-14(18)2/h5-11,16H,12H2,1-4H3,(H,20,21)/t16-/m1/s1. The Morgan fingerprint density at radius 2 is 1.82 bits per heavy atom. The van der Waals surface area contributed by atoms with Crippen LogP contribution < -0.4 is 10.1 Å². The third-order valence-electron chi connectivity index (χ3n) is 3.59. The van der Waals surface area contributed by atoms with Gasteiger partial charge in [-0.25, -0.2) is 0 Å². The summed E-state index contributed by atoms with van der Waals surface area (Å²) in [6, 6.07) is 13.7. The van der Waals surface area contributed by atoms with Gasteiger partial charge in [0.25, 0.3) is 5.91 Å². The van der Waals surface area contributed by atoms with Crippen LogP contribution in [-0.4, -0.2) is 18.6 Å². The molecule has 0 unspecified atom stereocenters. The monoisotopic (exact) mass is 297 g/mol. The number of hydrogen-bond acceptors (Lipinski definition) is 2. The van der Waals surface area contributed by atoms with E-state index in [1.54, 1.807) is 0 Å². The zero-order valence-electron chi connectivity index (χ0n) is 13.6. The molecule has 0 aliphatic carbocycles. The van der Waals surface area contributed by atoms with Gasteiger partial charge in [0.15, 0.2) is 0 Å². The molecule has 1 atom stereocenters. The minimum Gasteiger partial charge on any atom is -0.491 e. The first-order chi connectivity index (χ1) is 10.5. The summed E-state index contributed by atoms with van der Waals surface area (Å²) in [4.78, 5) is 12.3. The molecule has 116 valence electrons. The lowest BCUT2D eigenvalue weighted by Crippen LogP contribution is -2.37. The van der Waals surface area contributed by atoms with E-state index >= 15 is 0 Å². The van der Waals surface area contributed by atoms with Crippen LogP contribution in [0.1, 0.15) is 34.0 Å². The highest BCUT2D eigenvalue weighted by atomic mass is 16.5. The minimum absolute atomic E-state index is 0.0571. The summed E-state index contributed by atoms with van der Waals surface area (Å²) in [6.07, 6.45) is 0. The van der Waals surface area contributed by atoms with Gasteiger partial charge >= 0.3 is 0 Å². The number of rotatable bonds is 5. The first kappa shape index (κ1) is 16.1. The van der Waals surface area contributed by atoms with E-state index < -0.39 is 0 Å². The number of hydrogen-bond donors (Lipinski definition) is 1. The third-order valence-corrected chi connectivity index (χ3v) is 3.59. The first-order valence-corrected chi connectivity index (χ1v) is 7.54. The van der Waals surface area contributed by atoms with Gasteiger partial charge in [0, 0.05) is 5.56 Å². The van der Waals surface area contributed by atoms with Gasteiger partial charge in [-0.1, -0.05) is 35.9 Å². The van der Waals surface area contributed by atoms with Crippen molar-refractivity contribution in [3.8, 4) is 5.75 Å². The average molecular weight is 297 g/mol. The van der Waals surface area contributed by atoms with Crippen LogP contribution in [0.4, 0.5) is 0 Å². The predicted molar refractivity (Wildman–Crippen MR) is 89.5 cm³/mol. The Morgan fingerprint density at radius 1 is 1.09 bits per heavy atom. The van der Waals surface area contributed by atoms with Gasteiger partial charge in [-0.2, -0.15) is 0 Å². The molecule has 2 rings (SSSR count). The Morgan fingerprint density at radius 3 is 2.50 bits per heavy atom. The molecule has 2 aromatic carbocycles. The summed E-state index contributed by atoms with van der Waals surface area (Å²) in [7, 11) is 0. The number of amides is 1. The van der Waals surface area contributed by atoms with Gasteiger partial charge < -0.3 is 10.1 Å². The number of para-hydroxylation sites is 1. The van der Waals surface area contributed by atoms with E-state index in [4.69, 9.17) is 4.74 Å². The van der Waals surface area contributed by atoms with Crippen molar-refractivity contribution in [2.24, 2.45) is 0 Å². The van der Waals surface area contributed by atoms with Crippen molar-refractivity contribution in [1.82, 2.24) is 5.32 Å². The van der Waals surface area contributed by atoms with Crippen molar-refractivity contribution in [2.45, 2.75) is 33.7 Å². The molecular weight excluding hydrogens is 274 g/mol. The fraction of sp³-hybridized carbons (Fsp3) is 0.316.